The van der Waals surface area contributed by atoms with Crippen LogP contribution < -0.4 is 5.32 Å². The zero-order valence-corrected chi connectivity index (χ0v) is 10.9. The van der Waals surface area contributed by atoms with E-state index in [-0.39, 0.29) is 18.1 Å². The van der Waals surface area contributed by atoms with Crippen molar-refractivity contribution < 1.29 is 5.11 Å². The van der Waals surface area contributed by atoms with Gasteiger partial charge in [-0.05, 0) is 33.5 Å². The molecule has 0 bridgehead atoms. The number of rotatable bonds is 3. The Balaban J connectivity index is 2.71. The van der Waals surface area contributed by atoms with E-state index >= 15 is 0 Å². The first-order chi connectivity index (χ1) is 6.93. The van der Waals surface area contributed by atoms with Gasteiger partial charge in [0.2, 0.25) is 0 Å². The molecule has 1 atom stereocenters. The fraction of sp³-hybridized carbons (Fsp3) is 0.545. The Kier molecular flexibility index (Phi) is 4.11. The van der Waals surface area contributed by atoms with Crippen molar-refractivity contribution in [2.45, 2.75) is 26.8 Å². The summed E-state index contributed by atoms with van der Waals surface area (Å²) in [4.78, 5) is 4.21. The number of nitrogens with one attached hydrogen (secondary N) is 1. The van der Waals surface area contributed by atoms with E-state index in [1.54, 1.807) is 6.20 Å². The third-order valence-corrected chi connectivity index (χ3v) is 2.75. The van der Waals surface area contributed by atoms with Gasteiger partial charge in [0.15, 0.2) is 0 Å². The van der Waals surface area contributed by atoms with Gasteiger partial charge in [0.1, 0.15) is 5.82 Å². The fourth-order valence-corrected chi connectivity index (χ4v) is 1.41. The number of aliphatic hydroxyl groups is 1. The van der Waals surface area contributed by atoms with Gasteiger partial charge in [-0.2, -0.15) is 0 Å². The molecule has 84 valence electrons. The van der Waals surface area contributed by atoms with Crippen LogP contribution >= 0.6 is 15.9 Å². The molecule has 0 aliphatic carbocycles. The minimum atomic E-state index is 0.00348. The first-order valence-electron chi connectivity index (χ1n) is 4.92. The molecule has 0 aliphatic rings. The highest BCUT2D eigenvalue weighted by Gasteiger charge is 2.23. The molecule has 4 heteroatoms. The van der Waals surface area contributed by atoms with Gasteiger partial charge in [0.05, 0.1) is 12.6 Å². The van der Waals surface area contributed by atoms with E-state index in [0.29, 0.717) is 0 Å². The Morgan fingerprint density at radius 2 is 2.13 bits per heavy atom. The second-order valence-corrected chi connectivity index (χ2v) is 5.52. The average molecular weight is 273 g/mol. The van der Waals surface area contributed by atoms with E-state index < -0.39 is 0 Å². The largest absolute Gasteiger partial charge is 0.394 e. The summed E-state index contributed by atoms with van der Waals surface area (Å²) in [5.74, 6) is 0.784. The highest BCUT2D eigenvalue weighted by atomic mass is 79.9. The molecule has 1 aromatic heterocycles. The Hall–Kier alpha value is -0.610. The standard InChI is InChI=1S/C11H17BrN2O/c1-11(2,3)9(7-15)14-10-5-4-8(12)6-13-10/h4-6,9,15H,7H2,1-3H3,(H,13,14). The number of hydrogen-bond donors (Lipinski definition) is 2. The van der Waals surface area contributed by atoms with Crippen molar-refractivity contribution in [1.29, 1.82) is 0 Å². The molecule has 2 N–H and O–H groups in total. The molecule has 0 saturated carbocycles. The van der Waals surface area contributed by atoms with Gasteiger partial charge in [0, 0.05) is 10.7 Å². The van der Waals surface area contributed by atoms with E-state index in [1.807, 2.05) is 12.1 Å². The molecule has 15 heavy (non-hydrogen) atoms. The summed E-state index contributed by atoms with van der Waals surface area (Å²) in [6, 6.07) is 3.82. The van der Waals surface area contributed by atoms with Crippen LogP contribution in [0.5, 0.6) is 0 Å². The van der Waals surface area contributed by atoms with E-state index in [0.717, 1.165) is 10.3 Å². The summed E-state index contributed by atoms with van der Waals surface area (Å²) >= 11 is 3.33. The van der Waals surface area contributed by atoms with E-state index in [2.05, 4.69) is 47.0 Å². The van der Waals surface area contributed by atoms with Crippen LogP contribution in [0.15, 0.2) is 22.8 Å². The maximum Gasteiger partial charge on any atom is 0.126 e. The molecular formula is C11H17BrN2O. The number of hydrogen-bond acceptors (Lipinski definition) is 3. The highest BCUT2D eigenvalue weighted by molar-refractivity contribution is 9.10. The monoisotopic (exact) mass is 272 g/mol. The molecule has 0 radical (unpaired) electrons. The van der Waals surface area contributed by atoms with Crippen molar-refractivity contribution in [3.05, 3.63) is 22.8 Å². The van der Waals surface area contributed by atoms with Crippen LogP contribution in [-0.2, 0) is 0 Å². The van der Waals surface area contributed by atoms with Crippen LogP contribution in [0.4, 0.5) is 5.82 Å². The van der Waals surface area contributed by atoms with Gasteiger partial charge >= 0.3 is 0 Å². The van der Waals surface area contributed by atoms with Gasteiger partial charge in [0.25, 0.3) is 0 Å². The normalized spacial score (nSPS) is 13.7. The first-order valence-corrected chi connectivity index (χ1v) is 5.71. The molecule has 1 unspecified atom stereocenters. The molecule has 0 fully saturated rings. The van der Waals surface area contributed by atoms with E-state index in [9.17, 15) is 5.11 Å². The molecule has 0 amide bonds. The Bertz CT molecular complexity index is 305. The lowest BCUT2D eigenvalue weighted by Crippen LogP contribution is -2.37. The lowest BCUT2D eigenvalue weighted by molar-refractivity contribution is 0.201. The van der Waals surface area contributed by atoms with Crippen LogP contribution in [0.1, 0.15) is 20.8 Å². The molecular weight excluding hydrogens is 256 g/mol. The molecule has 1 heterocycles. The van der Waals surface area contributed by atoms with Gasteiger partial charge < -0.3 is 10.4 Å². The smallest absolute Gasteiger partial charge is 0.126 e. The summed E-state index contributed by atoms with van der Waals surface area (Å²) in [6.07, 6.45) is 1.74. The first kappa shape index (κ1) is 12.5. The number of halogens is 1. The minimum Gasteiger partial charge on any atom is -0.394 e. The quantitative estimate of drug-likeness (QED) is 0.890. The van der Waals surface area contributed by atoms with Gasteiger partial charge in [-0.3, -0.25) is 0 Å². The third-order valence-electron chi connectivity index (χ3n) is 2.28. The number of anilines is 1. The van der Waals surface area contributed by atoms with Crippen LogP contribution in [0, 0.1) is 5.41 Å². The summed E-state index contributed by atoms with van der Waals surface area (Å²) in [7, 11) is 0. The van der Waals surface area contributed by atoms with Gasteiger partial charge in [-0.15, -0.1) is 0 Å². The maximum atomic E-state index is 9.28. The topological polar surface area (TPSA) is 45.1 Å². The average Bonchev–Trinajstić information content (AvgIpc) is 2.15. The van der Waals surface area contributed by atoms with Crippen molar-refractivity contribution in [2.75, 3.05) is 11.9 Å². The minimum absolute atomic E-state index is 0.00348. The summed E-state index contributed by atoms with van der Waals surface area (Å²) < 4.78 is 0.948. The number of aromatic nitrogens is 1. The zero-order chi connectivity index (χ0) is 11.5. The number of pyridine rings is 1. The SMILES string of the molecule is CC(C)(C)C(CO)Nc1ccc(Br)cn1. The molecule has 0 saturated heterocycles. The Morgan fingerprint density at radius 3 is 2.53 bits per heavy atom. The zero-order valence-electron chi connectivity index (χ0n) is 9.29. The number of nitrogens with zero attached hydrogens (tertiary/aromatic N) is 1. The fourth-order valence-electron chi connectivity index (χ4n) is 1.18. The van der Waals surface area contributed by atoms with Gasteiger partial charge in [-0.1, -0.05) is 20.8 Å². The second kappa shape index (κ2) is 4.94. The summed E-state index contributed by atoms with van der Waals surface area (Å²) in [6.45, 7) is 6.35. The van der Waals surface area contributed by atoms with Crippen LogP contribution in [-0.4, -0.2) is 22.7 Å². The lowest BCUT2D eigenvalue weighted by atomic mass is 9.87. The molecule has 1 rings (SSSR count). The van der Waals surface area contributed by atoms with Crippen LogP contribution in [0.25, 0.3) is 0 Å². The van der Waals surface area contributed by atoms with Crippen molar-refractivity contribution in [3.63, 3.8) is 0 Å². The van der Waals surface area contributed by atoms with Gasteiger partial charge in [-0.25, -0.2) is 4.98 Å². The summed E-state index contributed by atoms with van der Waals surface area (Å²) in [5, 5.41) is 12.5. The number of aliphatic hydroxyl groups excluding tert-OH is 1. The van der Waals surface area contributed by atoms with Crippen molar-refractivity contribution >= 4 is 21.7 Å². The predicted molar refractivity (Wildman–Crippen MR) is 65.9 cm³/mol. The summed E-state index contributed by atoms with van der Waals surface area (Å²) in [5.41, 5.74) is 0.00348. The molecule has 0 spiro atoms. The second-order valence-electron chi connectivity index (χ2n) is 4.61. The molecule has 1 aromatic rings. The Morgan fingerprint density at radius 1 is 1.47 bits per heavy atom. The van der Waals surface area contributed by atoms with Crippen molar-refractivity contribution in [1.82, 2.24) is 4.98 Å². The predicted octanol–water partition coefficient (Wildman–Crippen LogP) is 2.66. The third kappa shape index (κ3) is 3.80. The Labute approximate surface area is 99.1 Å². The van der Waals surface area contributed by atoms with Crippen LogP contribution in [0.3, 0.4) is 0 Å². The molecule has 3 nitrogen and oxygen atoms in total. The maximum absolute atomic E-state index is 9.28. The van der Waals surface area contributed by atoms with Crippen molar-refractivity contribution in [2.24, 2.45) is 5.41 Å². The van der Waals surface area contributed by atoms with E-state index in [1.165, 1.54) is 0 Å². The highest BCUT2D eigenvalue weighted by Crippen LogP contribution is 2.22. The van der Waals surface area contributed by atoms with Crippen LogP contribution in [0.2, 0.25) is 0 Å². The molecule has 0 aliphatic heterocycles. The van der Waals surface area contributed by atoms with Crippen molar-refractivity contribution in [3.8, 4) is 0 Å². The lowest BCUT2D eigenvalue weighted by Gasteiger charge is -2.30. The molecule has 0 aromatic carbocycles. The van der Waals surface area contributed by atoms with E-state index in [4.69, 9.17) is 0 Å².